The summed E-state index contributed by atoms with van der Waals surface area (Å²) < 4.78 is 0. The fraction of sp³-hybridized carbons (Fsp3) is 0.286. The van der Waals surface area contributed by atoms with E-state index >= 15 is 0 Å². The summed E-state index contributed by atoms with van der Waals surface area (Å²) in [5.41, 5.74) is 2.07. The smallest absolute Gasteiger partial charge is 0.319 e. The Hall–Kier alpha value is -3.06. The third kappa shape index (κ3) is 5.96. The molecule has 2 aromatic rings. The average molecular weight is 415 g/mol. The number of amides is 4. The summed E-state index contributed by atoms with van der Waals surface area (Å²) >= 11 is 5.98. The van der Waals surface area contributed by atoms with Crippen molar-refractivity contribution < 1.29 is 14.4 Å². The summed E-state index contributed by atoms with van der Waals surface area (Å²) in [5.74, 6) is -0.0990. The standard InChI is InChI=1S/C21H23ClN4O3/c22-18-5-2-1-4-17(18)20(28)23-11-12-24-21(29)25-16-9-7-15(8-10-16)14-26-13-3-6-19(26)27/h1-2,4-5,7-10H,3,6,11-14H2,(H,23,28)(H2,24,25,29). The SMILES string of the molecule is O=C(NCCNC(=O)c1ccccc1Cl)Nc1ccc(CN2CCCC2=O)cc1. The molecule has 152 valence electrons. The van der Waals surface area contributed by atoms with Gasteiger partial charge >= 0.3 is 6.03 Å². The highest BCUT2D eigenvalue weighted by Gasteiger charge is 2.19. The Bertz CT molecular complexity index is 886. The number of carbonyl (C=O) groups excluding carboxylic acids is 3. The van der Waals surface area contributed by atoms with Gasteiger partial charge in [-0.15, -0.1) is 0 Å². The summed E-state index contributed by atoms with van der Waals surface area (Å²) in [6.45, 7) is 1.95. The van der Waals surface area contributed by atoms with Crippen LogP contribution in [0.2, 0.25) is 5.02 Å². The molecule has 1 fully saturated rings. The molecule has 29 heavy (non-hydrogen) atoms. The first kappa shape index (κ1) is 20.7. The quantitative estimate of drug-likeness (QED) is 0.608. The van der Waals surface area contributed by atoms with Gasteiger partial charge in [-0.1, -0.05) is 35.9 Å². The first-order chi connectivity index (χ1) is 14.0. The van der Waals surface area contributed by atoms with Crippen LogP contribution in [0.1, 0.15) is 28.8 Å². The van der Waals surface area contributed by atoms with Crippen molar-refractivity contribution >= 4 is 35.1 Å². The fourth-order valence-electron chi connectivity index (χ4n) is 3.05. The molecule has 0 spiro atoms. The molecule has 0 bridgehead atoms. The monoisotopic (exact) mass is 414 g/mol. The number of nitrogens with one attached hydrogen (secondary N) is 3. The van der Waals surface area contributed by atoms with Gasteiger partial charge < -0.3 is 20.9 Å². The van der Waals surface area contributed by atoms with Crippen LogP contribution < -0.4 is 16.0 Å². The summed E-state index contributed by atoms with van der Waals surface area (Å²) in [6.07, 6.45) is 1.54. The van der Waals surface area contributed by atoms with E-state index < -0.39 is 0 Å². The number of likely N-dealkylation sites (tertiary alicyclic amines) is 1. The maximum Gasteiger partial charge on any atom is 0.319 e. The second-order valence-electron chi connectivity index (χ2n) is 6.73. The van der Waals surface area contributed by atoms with Crippen molar-refractivity contribution in [3.05, 3.63) is 64.7 Å². The fourth-order valence-corrected chi connectivity index (χ4v) is 3.27. The number of carbonyl (C=O) groups is 3. The molecule has 4 amide bonds. The van der Waals surface area contributed by atoms with E-state index in [-0.39, 0.29) is 30.9 Å². The molecule has 3 rings (SSSR count). The predicted octanol–water partition coefficient (Wildman–Crippen LogP) is 3.01. The Labute approximate surface area is 174 Å². The van der Waals surface area contributed by atoms with Gasteiger partial charge in [0.2, 0.25) is 5.91 Å². The van der Waals surface area contributed by atoms with E-state index in [1.807, 2.05) is 17.0 Å². The van der Waals surface area contributed by atoms with Crippen molar-refractivity contribution in [2.45, 2.75) is 19.4 Å². The minimum Gasteiger partial charge on any atom is -0.350 e. The summed E-state index contributed by atoms with van der Waals surface area (Å²) in [5, 5.41) is 8.51. The molecule has 0 atom stereocenters. The van der Waals surface area contributed by atoms with Crippen LogP contribution in [0.5, 0.6) is 0 Å². The normalized spacial score (nSPS) is 13.3. The van der Waals surface area contributed by atoms with Gasteiger partial charge in [-0.3, -0.25) is 9.59 Å². The Balaban J connectivity index is 1.37. The molecule has 7 nitrogen and oxygen atoms in total. The summed E-state index contributed by atoms with van der Waals surface area (Å²) in [6, 6.07) is 13.8. The van der Waals surface area contributed by atoms with Crippen molar-refractivity contribution in [1.82, 2.24) is 15.5 Å². The van der Waals surface area contributed by atoms with Crippen molar-refractivity contribution in [3.8, 4) is 0 Å². The maximum absolute atomic E-state index is 12.0. The molecule has 1 saturated heterocycles. The van der Waals surface area contributed by atoms with Crippen LogP contribution in [0.25, 0.3) is 0 Å². The van der Waals surface area contributed by atoms with Gasteiger partial charge in [-0.05, 0) is 36.2 Å². The first-order valence-corrected chi connectivity index (χ1v) is 9.85. The lowest BCUT2D eigenvalue weighted by molar-refractivity contribution is -0.128. The molecular formula is C21H23ClN4O3. The molecule has 3 N–H and O–H groups in total. The number of benzene rings is 2. The number of anilines is 1. The van der Waals surface area contributed by atoms with Gasteiger partial charge in [0.15, 0.2) is 0 Å². The van der Waals surface area contributed by atoms with E-state index in [0.717, 1.165) is 18.5 Å². The van der Waals surface area contributed by atoms with Crippen LogP contribution in [0, 0.1) is 0 Å². The van der Waals surface area contributed by atoms with Gasteiger partial charge in [0.05, 0.1) is 10.6 Å². The lowest BCUT2D eigenvalue weighted by Gasteiger charge is -2.15. The molecule has 1 aliphatic heterocycles. The zero-order valence-electron chi connectivity index (χ0n) is 15.9. The zero-order valence-corrected chi connectivity index (χ0v) is 16.7. The largest absolute Gasteiger partial charge is 0.350 e. The second kappa shape index (κ2) is 9.93. The Kier molecular flexibility index (Phi) is 7.08. The van der Waals surface area contributed by atoms with Gasteiger partial charge in [0.25, 0.3) is 5.91 Å². The van der Waals surface area contributed by atoms with E-state index in [2.05, 4.69) is 16.0 Å². The van der Waals surface area contributed by atoms with Crippen molar-refractivity contribution in [2.24, 2.45) is 0 Å². The van der Waals surface area contributed by atoms with Crippen LogP contribution >= 0.6 is 11.6 Å². The number of urea groups is 1. The molecule has 0 radical (unpaired) electrons. The van der Waals surface area contributed by atoms with Crippen LogP contribution in [0.15, 0.2) is 48.5 Å². The Morgan fingerprint density at radius 3 is 2.41 bits per heavy atom. The zero-order chi connectivity index (χ0) is 20.6. The van der Waals surface area contributed by atoms with Crippen LogP contribution in [-0.2, 0) is 11.3 Å². The topological polar surface area (TPSA) is 90.5 Å². The van der Waals surface area contributed by atoms with E-state index in [1.54, 1.807) is 36.4 Å². The third-order valence-electron chi connectivity index (χ3n) is 4.57. The number of hydrogen-bond acceptors (Lipinski definition) is 3. The van der Waals surface area contributed by atoms with Crippen LogP contribution in [0.3, 0.4) is 0 Å². The molecule has 0 aromatic heterocycles. The van der Waals surface area contributed by atoms with Gasteiger partial charge in [0, 0.05) is 38.3 Å². The summed E-state index contributed by atoms with van der Waals surface area (Å²) in [7, 11) is 0. The van der Waals surface area contributed by atoms with Gasteiger partial charge in [0.1, 0.15) is 0 Å². The van der Waals surface area contributed by atoms with Gasteiger partial charge in [-0.2, -0.15) is 0 Å². The lowest BCUT2D eigenvalue weighted by atomic mass is 10.2. The molecule has 0 unspecified atom stereocenters. The molecule has 0 saturated carbocycles. The Morgan fingerprint density at radius 2 is 1.72 bits per heavy atom. The van der Waals surface area contributed by atoms with Gasteiger partial charge in [-0.25, -0.2) is 4.79 Å². The maximum atomic E-state index is 12.0. The number of hydrogen-bond donors (Lipinski definition) is 3. The summed E-state index contributed by atoms with van der Waals surface area (Å²) in [4.78, 5) is 37.5. The highest BCUT2D eigenvalue weighted by molar-refractivity contribution is 6.33. The third-order valence-corrected chi connectivity index (χ3v) is 4.90. The van der Waals surface area contributed by atoms with Crippen LogP contribution in [0.4, 0.5) is 10.5 Å². The highest BCUT2D eigenvalue weighted by atomic mass is 35.5. The molecule has 8 heteroatoms. The van der Waals surface area contributed by atoms with Crippen LogP contribution in [-0.4, -0.2) is 42.4 Å². The molecule has 0 aliphatic carbocycles. The highest BCUT2D eigenvalue weighted by Crippen LogP contribution is 2.16. The molecule has 1 heterocycles. The molecule has 1 aliphatic rings. The van der Waals surface area contributed by atoms with Crippen molar-refractivity contribution in [1.29, 1.82) is 0 Å². The minimum atomic E-state index is -0.362. The first-order valence-electron chi connectivity index (χ1n) is 9.47. The van der Waals surface area contributed by atoms with E-state index in [0.29, 0.717) is 29.2 Å². The van der Waals surface area contributed by atoms with Crippen molar-refractivity contribution in [2.75, 3.05) is 25.0 Å². The number of halogens is 1. The van der Waals surface area contributed by atoms with Crippen molar-refractivity contribution in [3.63, 3.8) is 0 Å². The number of rotatable bonds is 7. The lowest BCUT2D eigenvalue weighted by Crippen LogP contribution is -2.36. The Morgan fingerprint density at radius 1 is 1.00 bits per heavy atom. The average Bonchev–Trinajstić information content (AvgIpc) is 3.11. The minimum absolute atomic E-state index is 0.188. The number of nitrogens with zero attached hydrogens (tertiary/aromatic N) is 1. The molecular weight excluding hydrogens is 392 g/mol. The second-order valence-corrected chi connectivity index (χ2v) is 7.14. The van der Waals surface area contributed by atoms with E-state index in [9.17, 15) is 14.4 Å². The molecule has 2 aromatic carbocycles. The predicted molar refractivity (Wildman–Crippen MR) is 112 cm³/mol. The van der Waals surface area contributed by atoms with E-state index in [4.69, 9.17) is 11.6 Å². The van der Waals surface area contributed by atoms with E-state index in [1.165, 1.54) is 0 Å².